The average Bonchev–Trinajstić information content (AvgIpc) is 3.30. The molecular weight excluding hydrogens is 546 g/mol. The second-order valence-corrected chi connectivity index (χ2v) is 13.4. The molecule has 0 bridgehead atoms. The van der Waals surface area contributed by atoms with E-state index in [0.29, 0.717) is 49.4 Å². The Labute approximate surface area is 238 Å². The number of nitrogens with one attached hydrogen (secondary N) is 3. The number of hydrogen-bond acceptors (Lipinski definition) is 7. The van der Waals surface area contributed by atoms with Crippen molar-refractivity contribution in [3.05, 3.63) is 59.8 Å². The van der Waals surface area contributed by atoms with Crippen molar-refractivity contribution < 1.29 is 27.5 Å². The van der Waals surface area contributed by atoms with Crippen LogP contribution in [0.4, 0.5) is 5.69 Å². The third kappa shape index (κ3) is 6.23. The van der Waals surface area contributed by atoms with E-state index in [2.05, 4.69) is 15.0 Å². The van der Waals surface area contributed by atoms with Crippen LogP contribution in [0, 0.1) is 0 Å². The number of likely N-dealkylation sites (tertiary alicyclic amines) is 1. The Kier molecular flexibility index (Phi) is 7.33. The van der Waals surface area contributed by atoms with Crippen molar-refractivity contribution >= 4 is 44.2 Å². The van der Waals surface area contributed by atoms with Crippen LogP contribution in [0.25, 0.3) is 10.9 Å². The molecule has 12 heteroatoms. The Morgan fingerprint density at radius 3 is 2.56 bits per heavy atom. The first kappa shape index (κ1) is 28.6. The van der Waals surface area contributed by atoms with E-state index in [9.17, 15) is 22.8 Å². The van der Waals surface area contributed by atoms with Crippen molar-refractivity contribution in [3.63, 3.8) is 0 Å². The molecule has 5 rings (SSSR count). The van der Waals surface area contributed by atoms with Crippen LogP contribution in [0.5, 0.6) is 5.75 Å². The van der Waals surface area contributed by atoms with Crippen molar-refractivity contribution in [3.8, 4) is 5.75 Å². The molecule has 1 saturated heterocycles. The predicted octanol–water partition coefficient (Wildman–Crippen LogP) is 2.33. The zero-order valence-electron chi connectivity index (χ0n) is 23.3. The van der Waals surface area contributed by atoms with Crippen molar-refractivity contribution in [1.29, 1.82) is 0 Å². The zero-order valence-corrected chi connectivity index (χ0v) is 24.1. The number of Topliss-reactive ketones (excluding diaryl/α,β-unsaturated/α-hetero) is 1. The number of nitrogens with zero attached hydrogens (tertiary/aromatic N) is 1. The zero-order chi connectivity index (χ0) is 29.6. The molecule has 41 heavy (non-hydrogen) atoms. The molecule has 218 valence electrons. The minimum absolute atomic E-state index is 0.126. The summed E-state index contributed by atoms with van der Waals surface area (Å²) in [5, 5.41) is 3.84. The number of nitrogens with two attached hydrogens (primary N) is 1. The Bertz CT molecular complexity index is 1620. The summed E-state index contributed by atoms with van der Waals surface area (Å²) in [5.74, 6) is -0.388. The first-order valence-corrected chi connectivity index (χ1v) is 15.4. The van der Waals surface area contributed by atoms with Gasteiger partial charge in [0.05, 0.1) is 23.8 Å². The third-order valence-electron chi connectivity index (χ3n) is 7.67. The van der Waals surface area contributed by atoms with Crippen LogP contribution in [0.3, 0.4) is 0 Å². The van der Waals surface area contributed by atoms with Crippen LogP contribution in [0.1, 0.15) is 49.0 Å². The number of aromatic amines is 1. The molecule has 3 aromatic rings. The summed E-state index contributed by atoms with van der Waals surface area (Å²) in [6.07, 6.45) is 4.18. The number of carbonyl (C=O) groups excluding carboxylic acids is 3. The lowest BCUT2D eigenvalue weighted by atomic mass is 9.82. The maximum atomic E-state index is 13.8. The fourth-order valence-corrected chi connectivity index (χ4v) is 6.03. The molecule has 0 saturated carbocycles. The van der Waals surface area contributed by atoms with E-state index >= 15 is 0 Å². The number of aromatic nitrogens is 1. The monoisotopic (exact) mass is 581 g/mol. The van der Waals surface area contributed by atoms with Crippen LogP contribution in [-0.2, 0) is 26.0 Å². The molecule has 2 aliphatic rings. The van der Waals surface area contributed by atoms with Crippen LogP contribution in [0.2, 0.25) is 0 Å². The SMILES string of the molecule is CC(C)(N)C(=O)NC(Cc1c[nH]c2ccccc12)C(=O)N1CCC2(CC1)CC(=O)c1cc(NS(C)(=O)=O)ccc1O2. The molecule has 1 aromatic heterocycles. The highest BCUT2D eigenvalue weighted by Crippen LogP contribution is 2.40. The largest absolute Gasteiger partial charge is 0.486 e. The Morgan fingerprint density at radius 1 is 1.17 bits per heavy atom. The molecule has 2 aromatic carbocycles. The van der Waals surface area contributed by atoms with Gasteiger partial charge in [-0.3, -0.25) is 19.1 Å². The van der Waals surface area contributed by atoms with Crippen LogP contribution >= 0.6 is 0 Å². The lowest BCUT2D eigenvalue weighted by Crippen LogP contribution is -2.59. The summed E-state index contributed by atoms with van der Waals surface area (Å²) in [4.78, 5) is 44.7. The standard InChI is InChI=1S/C29H35N5O6S/c1-28(2,30)27(37)32-23(14-18-17-31-22-7-5-4-6-20(18)22)26(36)34-12-10-29(11-13-34)16-24(35)21-15-19(33-41(3,38)39)8-9-25(21)40-29/h4-9,15,17,23,31,33H,10-14,16,30H2,1-3H3,(H,32,37). The van der Waals surface area contributed by atoms with Crippen molar-refractivity contribution in [2.75, 3.05) is 24.1 Å². The van der Waals surface area contributed by atoms with Crippen molar-refractivity contribution in [2.24, 2.45) is 5.73 Å². The van der Waals surface area contributed by atoms with E-state index in [1.165, 1.54) is 6.07 Å². The van der Waals surface area contributed by atoms with Gasteiger partial charge in [-0.05, 0) is 43.7 Å². The fraction of sp³-hybridized carbons (Fsp3) is 0.414. The van der Waals surface area contributed by atoms with Gasteiger partial charge >= 0.3 is 0 Å². The number of anilines is 1. The molecule has 1 unspecified atom stereocenters. The van der Waals surface area contributed by atoms with Gasteiger partial charge < -0.3 is 25.7 Å². The van der Waals surface area contributed by atoms with Gasteiger partial charge in [0, 0.05) is 55.1 Å². The number of benzene rings is 2. The molecule has 11 nitrogen and oxygen atoms in total. The first-order valence-electron chi connectivity index (χ1n) is 13.5. The average molecular weight is 582 g/mol. The van der Waals surface area contributed by atoms with E-state index in [-0.39, 0.29) is 18.1 Å². The number of piperidine rings is 1. The highest BCUT2D eigenvalue weighted by Gasteiger charge is 2.44. The summed E-state index contributed by atoms with van der Waals surface area (Å²) in [6, 6.07) is 11.6. The quantitative estimate of drug-likeness (QED) is 0.333. The smallest absolute Gasteiger partial charge is 0.245 e. The summed E-state index contributed by atoms with van der Waals surface area (Å²) >= 11 is 0. The molecule has 2 aliphatic heterocycles. The molecule has 0 radical (unpaired) electrons. The van der Waals surface area contributed by atoms with E-state index < -0.39 is 33.1 Å². The minimum atomic E-state index is -3.49. The van der Waals surface area contributed by atoms with Gasteiger partial charge in [-0.2, -0.15) is 0 Å². The van der Waals surface area contributed by atoms with Crippen molar-refractivity contribution in [1.82, 2.24) is 15.2 Å². The van der Waals surface area contributed by atoms with Crippen LogP contribution in [0.15, 0.2) is 48.7 Å². The lowest BCUT2D eigenvalue weighted by molar-refractivity contribution is -0.140. The van der Waals surface area contributed by atoms with Gasteiger partial charge in [-0.15, -0.1) is 0 Å². The van der Waals surface area contributed by atoms with Gasteiger partial charge in [0.25, 0.3) is 0 Å². The lowest BCUT2D eigenvalue weighted by Gasteiger charge is -2.44. The molecule has 1 fully saturated rings. The molecule has 2 amide bonds. The molecule has 0 aliphatic carbocycles. The first-order chi connectivity index (χ1) is 19.2. The van der Waals surface area contributed by atoms with Gasteiger partial charge in [-0.25, -0.2) is 8.42 Å². The maximum absolute atomic E-state index is 13.8. The highest BCUT2D eigenvalue weighted by atomic mass is 32.2. The van der Waals surface area contributed by atoms with Gasteiger partial charge in [0.15, 0.2) is 5.78 Å². The van der Waals surface area contributed by atoms with E-state index in [4.69, 9.17) is 10.5 Å². The molecule has 1 spiro atoms. The third-order valence-corrected chi connectivity index (χ3v) is 8.27. The summed E-state index contributed by atoms with van der Waals surface area (Å²) in [6.45, 7) is 3.88. The molecular formula is C29H35N5O6S. The number of para-hydroxylation sites is 1. The number of H-pyrrole nitrogens is 1. The molecule has 3 heterocycles. The number of carbonyl (C=O) groups is 3. The van der Waals surface area contributed by atoms with Crippen LogP contribution in [-0.4, -0.2) is 72.4 Å². The van der Waals surface area contributed by atoms with Gasteiger partial charge in [-0.1, -0.05) is 18.2 Å². The second kappa shape index (κ2) is 10.5. The summed E-state index contributed by atoms with van der Waals surface area (Å²) in [7, 11) is -3.49. The normalized spacial score (nSPS) is 17.6. The maximum Gasteiger partial charge on any atom is 0.245 e. The number of hydrogen-bond donors (Lipinski definition) is 4. The molecule has 5 N–H and O–H groups in total. The van der Waals surface area contributed by atoms with E-state index in [0.717, 1.165) is 22.7 Å². The Hall–Kier alpha value is -3.90. The van der Waals surface area contributed by atoms with Crippen LogP contribution < -0.4 is 20.5 Å². The number of amides is 2. The number of ketones is 1. The topological polar surface area (TPSA) is 164 Å². The minimum Gasteiger partial charge on any atom is -0.486 e. The number of fused-ring (bicyclic) bond motifs is 2. The van der Waals surface area contributed by atoms with Gasteiger partial charge in [0.2, 0.25) is 21.8 Å². The second-order valence-electron chi connectivity index (χ2n) is 11.6. The summed E-state index contributed by atoms with van der Waals surface area (Å²) in [5.41, 5.74) is 6.58. The number of rotatable bonds is 7. The van der Waals surface area contributed by atoms with Crippen molar-refractivity contribution in [2.45, 2.75) is 56.7 Å². The molecule has 1 atom stereocenters. The number of ether oxygens (including phenoxy) is 1. The van der Waals surface area contributed by atoms with E-state index in [1.807, 2.05) is 30.5 Å². The predicted molar refractivity (Wildman–Crippen MR) is 155 cm³/mol. The fourth-order valence-electron chi connectivity index (χ4n) is 5.47. The van der Waals surface area contributed by atoms with E-state index in [1.54, 1.807) is 30.9 Å². The van der Waals surface area contributed by atoms with Gasteiger partial charge in [0.1, 0.15) is 17.4 Å². The summed E-state index contributed by atoms with van der Waals surface area (Å²) < 4.78 is 31.9. The Balaban J connectivity index is 1.31. The number of sulfonamides is 1. The Morgan fingerprint density at radius 2 is 1.88 bits per heavy atom. The highest BCUT2D eigenvalue weighted by molar-refractivity contribution is 7.92.